The van der Waals surface area contributed by atoms with Crippen molar-refractivity contribution < 1.29 is 14.4 Å². The Kier molecular flexibility index (Phi) is 5.94. The number of Topliss-reactive ketones (excluding diaryl/α,β-unsaturated/α-hetero) is 1. The Morgan fingerprint density at radius 2 is 1.92 bits per heavy atom. The van der Waals surface area contributed by atoms with Gasteiger partial charge in [0.05, 0.1) is 6.54 Å². The molecule has 0 bridgehead atoms. The predicted octanol–water partition coefficient (Wildman–Crippen LogP) is 3.44. The molecule has 144 valence electrons. The Labute approximate surface area is 155 Å². The van der Waals surface area contributed by atoms with Gasteiger partial charge >= 0.3 is 6.03 Å². The van der Waals surface area contributed by atoms with Gasteiger partial charge in [-0.3, -0.25) is 14.5 Å². The lowest BCUT2D eigenvalue weighted by Crippen LogP contribution is -2.44. The zero-order chi connectivity index (χ0) is 19.6. The molecular weight excluding hydrogens is 330 g/mol. The molecule has 1 aromatic rings. The highest BCUT2D eigenvalue weighted by Crippen LogP contribution is 2.25. The number of carbonyl (C=O) groups is 3. The second kappa shape index (κ2) is 7.64. The average molecular weight is 361 g/mol. The highest BCUT2D eigenvalue weighted by atomic mass is 16.2. The van der Waals surface area contributed by atoms with E-state index in [4.69, 9.17) is 0 Å². The summed E-state index contributed by atoms with van der Waals surface area (Å²) in [4.78, 5) is 38.9. The van der Waals surface area contributed by atoms with Gasteiger partial charge in [0.15, 0.2) is 5.78 Å². The number of amides is 3. The molecule has 1 N–H and O–H groups in total. The van der Waals surface area contributed by atoms with Crippen LogP contribution < -0.4 is 5.32 Å². The molecule has 1 unspecified atom stereocenters. The Morgan fingerprint density at radius 1 is 1.27 bits per heavy atom. The Bertz CT molecular complexity index is 720. The minimum absolute atomic E-state index is 0.197. The minimum Gasteiger partial charge on any atom is -0.348 e. The second-order valence-corrected chi connectivity index (χ2v) is 7.95. The van der Waals surface area contributed by atoms with Crippen molar-refractivity contribution in [2.45, 2.75) is 72.9 Å². The Hall–Kier alpha value is -2.11. The minimum atomic E-state index is -0.916. The number of hydrogen-bond acceptors (Lipinski definition) is 3. The quantitative estimate of drug-likeness (QED) is 0.569. The molecule has 2 heterocycles. The highest BCUT2D eigenvalue weighted by Gasteiger charge is 2.47. The summed E-state index contributed by atoms with van der Waals surface area (Å²) in [6, 6.07) is 1.38. The molecule has 0 spiro atoms. The zero-order valence-electron chi connectivity index (χ0n) is 16.8. The third kappa shape index (κ3) is 3.84. The van der Waals surface area contributed by atoms with Crippen molar-refractivity contribution in [3.05, 3.63) is 23.0 Å². The Morgan fingerprint density at radius 3 is 2.50 bits per heavy atom. The number of imide groups is 1. The first-order valence-corrected chi connectivity index (χ1v) is 9.44. The molecule has 1 atom stereocenters. The first-order chi connectivity index (χ1) is 12.1. The van der Waals surface area contributed by atoms with Crippen LogP contribution in [-0.2, 0) is 11.3 Å². The lowest BCUT2D eigenvalue weighted by Gasteiger charge is -2.22. The molecule has 3 amide bonds. The summed E-state index contributed by atoms with van der Waals surface area (Å²) in [7, 11) is 0. The van der Waals surface area contributed by atoms with Gasteiger partial charge in [-0.15, -0.1) is 0 Å². The van der Waals surface area contributed by atoms with E-state index in [0.717, 1.165) is 35.7 Å². The van der Waals surface area contributed by atoms with E-state index in [0.29, 0.717) is 17.9 Å². The van der Waals surface area contributed by atoms with Gasteiger partial charge < -0.3 is 9.88 Å². The zero-order valence-corrected chi connectivity index (χ0v) is 16.8. The van der Waals surface area contributed by atoms with Crippen LogP contribution in [0.25, 0.3) is 0 Å². The number of hydrogen-bond donors (Lipinski definition) is 1. The number of aryl methyl sites for hydroxylation is 1. The molecule has 1 aliphatic rings. The van der Waals surface area contributed by atoms with Crippen LogP contribution in [0.15, 0.2) is 6.07 Å². The first kappa shape index (κ1) is 20.2. The van der Waals surface area contributed by atoms with Gasteiger partial charge in [-0.05, 0) is 52.0 Å². The third-order valence-corrected chi connectivity index (χ3v) is 5.19. The molecule has 0 aliphatic carbocycles. The monoisotopic (exact) mass is 361 g/mol. The summed E-state index contributed by atoms with van der Waals surface area (Å²) < 4.78 is 2.10. The van der Waals surface area contributed by atoms with E-state index in [9.17, 15) is 14.4 Å². The van der Waals surface area contributed by atoms with Crippen LogP contribution in [0.3, 0.4) is 0 Å². The van der Waals surface area contributed by atoms with Crippen molar-refractivity contribution in [3.63, 3.8) is 0 Å². The van der Waals surface area contributed by atoms with E-state index < -0.39 is 11.6 Å². The molecule has 1 aliphatic heterocycles. The maximum Gasteiger partial charge on any atom is 0.325 e. The van der Waals surface area contributed by atoms with Crippen LogP contribution in [-0.4, -0.2) is 39.3 Å². The van der Waals surface area contributed by atoms with Crippen molar-refractivity contribution in [1.82, 2.24) is 14.8 Å². The van der Waals surface area contributed by atoms with E-state index in [2.05, 4.69) is 30.7 Å². The molecule has 0 radical (unpaired) electrons. The van der Waals surface area contributed by atoms with Crippen molar-refractivity contribution in [2.24, 2.45) is 5.92 Å². The van der Waals surface area contributed by atoms with Crippen LogP contribution in [0.4, 0.5) is 4.79 Å². The van der Waals surface area contributed by atoms with Gasteiger partial charge in [0.2, 0.25) is 0 Å². The number of aromatic nitrogens is 1. The molecule has 1 saturated heterocycles. The van der Waals surface area contributed by atoms with Crippen molar-refractivity contribution in [2.75, 3.05) is 6.54 Å². The lowest BCUT2D eigenvalue weighted by molar-refractivity contribution is -0.130. The van der Waals surface area contributed by atoms with Crippen LogP contribution >= 0.6 is 0 Å². The molecule has 1 fully saturated rings. The first-order valence-electron chi connectivity index (χ1n) is 9.44. The number of nitrogens with one attached hydrogen (secondary N) is 1. The molecule has 1 aromatic heterocycles. The molecule has 0 saturated carbocycles. The van der Waals surface area contributed by atoms with Gasteiger partial charge in [-0.2, -0.15) is 0 Å². The van der Waals surface area contributed by atoms with Gasteiger partial charge in [0.1, 0.15) is 5.54 Å². The smallest absolute Gasteiger partial charge is 0.325 e. The van der Waals surface area contributed by atoms with E-state index in [1.54, 1.807) is 6.92 Å². The largest absolute Gasteiger partial charge is 0.348 e. The summed E-state index contributed by atoms with van der Waals surface area (Å²) in [5.74, 6) is -0.0629. The van der Waals surface area contributed by atoms with E-state index >= 15 is 0 Å². The van der Waals surface area contributed by atoms with Crippen molar-refractivity contribution in [1.29, 1.82) is 0 Å². The van der Waals surface area contributed by atoms with E-state index in [1.807, 2.05) is 19.9 Å². The third-order valence-electron chi connectivity index (χ3n) is 5.19. The highest BCUT2D eigenvalue weighted by molar-refractivity contribution is 6.11. The normalized spacial score (nSPS) is 20.2. The molecule has 6 heteroatoms. The maximum absolute atomic E-state index is 12.8. The summed E-state index contributed by atoms with van der Waals surface area (Å²) in [5, 5.41) is 2.77. The van der Waals surface area contributed by atoms with Crippen LogP contribution in [0.5, 0.6) is 0 Å². The van der Waals surface area contributed by atoms with E-state index in [1.165, 1.54) is 0 Å². The molecule has 26 heavy (non-hydrogen) atoms. The van der Waals surface area contributed by atoms with Gasteiger partial charge in [-0.1, -0.05) is 20.8 Å². The lowest BCUT2D eigenvalue weighted by atomic mass is 9.92. The topological polar surface area (TPSA) is 71.4 Å². The molecule has 0 aromatic carbocycles. The fourth-order valence-corrected chi connectivity index (χ4v) is 3.52. The molecular formula is C20H31N3O3. The second-order valence-electron chi connectivity index (χ2n) is 7.95. The number of rotatable bonds is 8. The Balaban J connectivity index is 2.15. The van der Waals surface area contributed by atoms with Gasteiger partial charge in [-0.25, -0.2) is 4.79 Å². The predicted molar refractivity (Wildman–Crippen MR) is 101 cm³/mol. The van der Waals surface area contributed by atoms with Gasteiger partial charge in [0, 0.05) is 23.5 Å². The number of ketones is 1. The van der Waals surface area contributed by atoms with E-state index in [-0.39, 0.29) is 18.2 Å². The number of nitrogens with zero attached hydrogens (tertiary/aromatic N) is 2. The van der Waals surface area contributed by atoms with Crippen molar-refractivity contribution >= 4 is 17.7 Å². The fraction of sp³-hybridized carbons (Fsp3) is 0.650. The summed E-state index contributed by atoms with van der Waals surface area (Å²) in [6.07, 6.45) is 2.39. The molecule has 2 rings (SSSR count). The van der Waals surface area contributed by atoms with Crippen LogP contribution in [0, 0.1) is 19.8 Å². The summed E-state index contributed by atoms with van der Waals surface area (Å²) >= 11 is 0. The van der Waals surface area contributed by atoms with Gasteiger partial charge in [0.25, 0.3) is 5.91 Å². The molecule has 6 nitrogen and oxygen atoms in total. The van der Waals surface area contributed by atoms with Crippen LogP contribution in [0.1, 0.15) is 68.7 Å². The summed E-state index contributed by atoms with van der Waals surface area (Å²) in [6.45, 7) is 12.5. The van der Waals surface area contributed by atoms with Crippen molar-refractivity contribution in [3.8, 4) is 0 Å². The SMILES string of the molecule is CCCn1c(C)cc(C(=O)CN2C(=O)NC(C)(CCC(C)C)C2=O)c1C. The standard InChI is InChI=1S/C20H31N3O3/c1-7-10-22-14(4)11-16(15(22)5)17(24)12-23-18(25)20(6,21-19(23)26)9-8-13(2)3/h11,13H,7-10,12H2,1-6H3,(H,21,26). The van der Waals surface area contributed by atoms with Crippen LogP contribution in [0.2, 0.25) is 0 Å². The summed E-state index contributed by atoms with van der Waals surface area (Å²) in [5.41, 5.74) is 1.59. The average Bonchev–Trinajstić information content (AvgIpc) is 2.96. The number of urea groups is 1. The number of carbonyl (C=O) groups excluding carboxylic acids is 3. The fourth-order valence-electron chi connectivity index (χ4n) is 3.52. The maximum atomic E-state index is 12.8.